The maximum Gasteiger partial charge on any atom is 0.155 e. The van der Waals surface area contributed by atoms with Crippen LogP contribution in [0.25, 0.3) is 11.0 Å². The van der Waals surface area contributed by atoms with Crippen molar-refractivity contribution in [2.45, 2.75) is 25.9 Å². The Hall–Kier alpha value is -1.69. The van der Waals surface area contributed by atoms with Gasteiger partial charge in [0.25, 0.3) is 0 Å². The summed E-state index contributed by atoms with van der Waals surface area (Å²) in [5.74, 6) is 0.832. The second-order valence-electron chi connectivity index (χ2n) is 4.64. The minimum Gasteiger partial charge on any atom is -0.376 e. The Kier molecular flexibility index (Phi) is 2.87. The van der Waals surface area contributed by atoms with Crippen LogP contribution in [0, 0.1) is 6.92 Å². The third-order valence-corrected chi connectivity index (χ3v) is 3.31. The SMILES string of the molecule is Cc1nn(C)c2c(NCC3CCCO3)ncnc12. The van der Waals surface area contributed by atoms with E-state index in [1.807, 2.05) is 18.7 Å². The molecule has 3 rings (SSSR count). The van der Waals surface area contributed by atoms with Gasteiger partial charge in [-0.3, -0.25) is 4.68 Å². The van der Waals surface area contributed by atoms with Gasteiger partial charge in [-0.15, -0.1) is 0 Å². The van der Waals surface area contributed by atoms with Crippen LogP contribution in [0.5, 0.6) is 0 Å². The lowest BCUT2D eigenvalue weighted by Crippen LogP contribution is -2.19. The average Bonchev–Trinajstić information content (AvgIpc) is 2.97. The standard InChI is InChI=1S/C12H17N5O/c1-8-10-11(17(2)16-8)12(15-7-14-10)13-6-9-4-3-5-18-9/h7,9H,3-6H2,1-2H3,(H,13,14,15). The average molecular weight is 247 g/mol. The summed E-state index contributed by atoms with van der Waals surface area (Å²) < 4.78 is 7.42. The van der Waals surface area contributed by atoms with Gasteiger partial charge in [-0.1, -0.05) is 0 Å². The van der Waals surface area contributed by atoms with Crippen LogP contribution in [0.2, 0.25) is 0 Å². The van der Waals surface area contributed by atoms with Crippen molar-refractivity contribution in [2.75, 3.05) is 18.5 Å². The van der Waals surface area contributed by atoms with Crippen LogP contribution in [0.15, 0.2) is 6.33 Å². The van der Waals surface area contributed by atoms with Crippen molar-refractivity contribution < 1.29 is 4.74 Å². The van der Waals surface area contributed by atoms with Gasteiger partial charge in [0.15, 0.2) is 5.82 Å². The van der Waals surface area contributed by atoms with Crippen LogP contribution in [0.1, 0.15) is 18.5 Å². The molecule has 0 spiro atoms. The Balaban J connectivity index is 1.86. The van der Waals surface area contributed by atoms with E-state index in [0.717, 1.165) is 48.5 Å². The topological polar surface area (TPSA) is 64.9 Å². The van der Waals surface area contributed by atoms with Crippen LogP contribution in [-0.4, -0.2) is 39.0 Å². The summed E-state index contributed by atoms with van der Waals surface area (Å²) >= 11 is 0. The predicted octanol–water partition coefficient (Wildman–Crippen LogP) is 1.26. The van der Waals surface area contributed by atoms with Crippen molar-refractivity contribution in [3.8, 4) is 0 Å². The van der Waals surface area contributed by atoms with E-state index in [4.69, 9.17) is 4.74 Å². The van der Waals surface area contributed by atoms with Gasteiger partial charge in [-0.25, -0.2) is 9.97 Å². The molecular weight excluding hydrogens is 230 g/mol. The summed E-state index contributed by atoms with van der Waals surface area (Å²) in [5, 5.41) is 7.72. The first-order chi connectivity index (χ1) is 8.75. The van der Waals surface area contributed by atoms with E-state index in [0.29, 0.717) is 6.10 Å². The molecule has 1 unspecified atom stereocenters. The molecule has 6 heteroatoms. The Bertz CT molecular complexity index is 559. The molecule has 96 valence electrons. The molecule has 1 aliphatic rings. The second-order valence-corrected chi connectivity index (χ2v) is 4.64. The fourth-order valence-electron chi connectivity index (χ4n) is 2.42. The van der Waals surface area contributed by atoms with E-state index in [9.17, 15) is 0 Å². The number of nitrogens with zero attached hydrogens (tertiary/aromatic N) is 4. The molecule has 1 atom stereocenters. The van der Waals surface area contributed by atoms with Crippen molar-refractivity contribution >= 4 is 16.9 Å². The van der Waals surface area contributed by atoms with E-state index < -0.39 is 0 Å². The van der Waals surface area contributed by atoms with Gasteiger partial charge in [0.2, 0.25) is 0 Å². The molecule has 2 aromatic rings. The molecule has 18 heavy (non-hydrogen) atoms. The Labute approximate surface area is 105 Å². The number of aryl methyl sites for hydroxylation is 2. The molecule has 3 heterocycles. The van der Waals surface area contributed by atoms with Crippen LogP contribution in [-0.2, 0) is 11.8 Å². The quantitative estimate of drug-likeness (QED) is 0.884. The molecule has 1 aliphatic heterocycles. The lowest BCUT2D eigenvalue weighted by atomic mass is 10.2. The summed E-state index contributed by atoms with van der Waals surface area (Å²) in [6.07, 6.45) is 4.14. The highest BCUT2D eigenvalue weighted by molar-refractivity contribution is 5.87. The zero-order valence-electron chi connectivity index (χ0n) is 10.7. The summed E-state index contributed by atoms with van der Waals surface area (Å²) in [4.78, 5) is 8.58. The fourth-order valence-corrected chi connectivity index (χ4v) is 2.42. The highest BCUT2D eigenvalue weighted by Gasteiger charge is 2.17. The van der Waals surface area contributed by atoms with Gasteiger partial charge in [-0.05, 0) is 19.8 Å². The lowest BCUT2D eigenvalue weighted by Gasteiger charge is -2.11. The van der Waals surface area contributed by atoms with Crippen molar-refractivity contribution in [1.82, 2.24) is 19.7 Å². The van der Waals surface area contributed by atoms with Crippen molar-refractivity contribution in [2.24, 2.45) is 7.05 Å². The van der Waals surface area contributed by atoms with Gasteiger partial charge in [0.1, 0.15) is 17.4 Å². The smallest absolute Gasteiger partial charge is 0.155 e. The summed E-state index contributed by atoms with van der Waals surface area (Å²) in [7, 11) is 1.91. The molecule has 6 nitrogen and oxygen atoms in total. The highest BCUT2D eigenvalue weighted by atomic mass is 16.5. The number of hydrogen-bond donors (Lipinski definition) is 1. The van der Waals surface area contributed by atoms with Crippen molar-refractivity contribution in [3.05, 3.63) is 12.0 Å². The number of ether oxygens (including phenoxy) is 1. The van der Waals surface area contributed by atoms with E-state index in [1.165, 1.54) is 0 Å². The molecule has 1 saturated heterocycles. The van der Waals surface area contributed by atoms with Gasteiger partial charge < -0.3 is 10.1 Å². The molecule has 0 radical (unpaired) electrons. The molecule has 2 aromatic heterocycles. The van der Waals surface area contributed by atoms with Crippen LogP contribution < -0.4 is 5.32 Å². The fraction of sp³-hybridized carbons (Fsp3) is 0.583. The normalized spacial score (nSPS) is 19.6. The maximum atomic E-state index is 5.59. The van der Waals surface area contributed by atoms with E-state index in [2.05, 4.69) is 20.4 Å². The summed E-state index contributed by atoms with van der Waals surface area (Å²) in [6.45, 7) is 3.62. The van der Waals surface area contributed by atoms with Crippen molar-refractivity contribution in [3.63, 3.8) is 0 Å². The van der Waals surface area contributed by atoms with Crippen LogP contribution in [0.4, 0.5) is 5.82 Å². The zero-order chi connectivity index (χ0) is 12.5. The highest BCUT2D eigenvalue weighted by Crippen LogP contribution is 2.21. The molecule has 0 saturated carbocycles. The van der Waals surface area contributed by atoms with E-state index >= 15 is 0 Å². The maximum absolute atomic E-state index is 5.59. The summed E-state index contributed by atoms with van der Waals surface area (Å²) in [5.41, 5.74) is 2.78. The lowest BCUT2D eigenvalue weighted by molar-refractivity contribution is 0.120. The number of hydrogen-bond acceptors (Lipinski definition) is 5. The molecule has 0 aromatic carbocycles. The first-order valence-electron chi connectivity index (χ1n) is 6.25. The van der Waals surface area contributed by atoms with Gasteiger partial charge >= 0.3 is 0 Å². The molecule has 0 aliphatic carbocycles. The minimum atomic E-state index is 0.296. The number of nitrogens with one attached hydrogen (secondary N) is 1. The van der Waals surface area contributed by atoms with E-state index in [1.54, 1.807) is 6.33 Å². The monoisotopic (exact) mass is 247 g/mol. The zero-order valence-corrected chi connectivity index (χ0v) is 10.7. The number of aromatic nitrogens is 4. The third kappa shape index (κ3) is 1.92. The molecule has 1 fully saturated rings. The largest absolute Gasteiger partial charge is 0.376 e. The molecular formula is C12H17N5O. The number of fused-ring (bicyclic) bond motifs is 1. The molecule has 1 N–H and O–H groups in total. The van der Waals surface area contributed by atoms with Gasteiger partial charge in [-0.2, -0.15) is 5.10 Å². The molecule has 0 amide bonds. The Morgan fingerprint density at radius 3 is 3.17 bits per heavy atom. The van der Waals surface area contributed by atoms with Gasteiger partial charge in [0.05, 0.1) is 11.8 Å². The minimum absolute atomic E-state index is 0.296. The van der Waals surface area contributed by atoms with Crippen LogP contribution >= 0.6 is 0 Å². The third-order valence-electron chi connectivity index (χ3n) is 3.31. The van der Waals surface area contributed by atoms with E-state index in [-0.39, 0.29) is 0 Å². The van der Waals surface area contributed by atoms with Crippen molar-refractivity contribution in [1.29, 1.82) is 0 Å². The molecule has 0 bridgehead atoms. The summed E-state index contributed by atoms with van der Waals surface area (Å²) in [6, 6.07) is 0. The Morgan fingerprint density at radius 2 is 2.39 bits per heavy atom. The first-order valence-corrected chi connectivity index (χ1v) is 6.25. The number of anilines is 1. The number of rotatable bonds is 3. The predicted molar refractivity (Wildman–Crippen MR) is 68.5 cm³/mol. The van der Waals surface area contributed by atoms with Crippen LogP contribution in [0.3, 0.4) is 0 Å². The Morgan fingerprint density at radius 1 is 1.50 bits per heavy atom. The van der Waals surface area contributed by atoms with Gasteiger partial charge in [0, 0.05) is 20.2 Å². The second kappa shape index (κ2) is 4.53. The first kappa shape index (κ1) is 11.4.